The monoisotopic (exact) mass is 490 g/mol. The van der Waals surface area contributed by atoms with Gasteiger partial charge in [0.25, 0.3) is 10.2 Å². The fourth-order valence-electron chi connectivity index (χ4n) is 5.77. The average molecular weight is 491 g/mol. The number of Topliss-reactive ketones (excluding diaryl/α,β-unsaturated/α-hetero) is 1. The standard InChI is InChI=1S/C23H34N6O4S/c1-27(14-17-2-4-18(5-3-17)20(31)7-13-30)34(32,33)29-12-11-28(15-23(29)8-9-23)22-19-6-10-24-21(19)25-16-26-22/h6,10,16-18,30H,2-5,7-9,11-15H2,1H3,(H,24,25,26). The fraction of sp³-hybridized carbons (Fsp3) is 0.696. The molecule has 2 aliphatic carbocycles. The number of ketones is 1. The minimum Gasteiger partial charge on any atom is -0.396 e. The van der Waals surface area contributed by atoms with Crippen LogP contribution in [-0.2, 0) is 15.0 Å². The van der Waals surface area contributed by atoms with Crippen LogP contribution in [0.4, 0.5) is 5.82 Å². The number of aliphatic hydroxyl groups excluding tert-OH is 1. The summed E-state index contributed by atoms with van der Waals surface area (Å²) < 4.78 is 30.5. The Kier molecular flexibility index (Phi) is 6.38. The Bertz CT molecular complexity index is 1140. The predicted octanol–water partition coefficient (Wildman–Crippen LogP) is 1.55. The van der Waals surface area contributed by atoms with Gasteiger partial charge in [-0.15, -0.1) is 0 Å². The van der Waals surface area contributed by atoms with E-state index >= 15 is 0 Å². The second kappa shape index (κ2) is 9.18. The van der Waals surface area contributed by atoms with E-state index in [4.69, 9.17) is 5.11 Å². The molecule has 34 heavy (non-hydrogen) atoms. The molecule has 11 heteroatoms. The van der Waals surface area contributed by atoms with Gasteiger partial charge in [0, 0.05) is 58.4 Å². The molecule has 2 aromatic heterocycles. The van der Waals surface area contributed by atoms with Crippen LogP contribution < -0.4 is 4.90 Å². The fourth-order valence-corrected chi connectivity index (χ4v) is 7.55. The van der Waals surface area contributed by atoms with E-state index in [2.05, 4.69) is 19.9 Å². The van der Waals surface area contributed by atoms with Crippen molar-refractivity contribution in [2.24, 2.45) is 11.8 Å². The zero-order chi connectivity index (χ0) is 23.9. The summed E-state index contributed by atoms with van der Waals surface area (Å²) >= 11 is 0. The highest BCUT2D eigenvalue weighted by Crippen LogP contribution is 2.47. The molecule has 0 aromatic carbocycles. The van der Waals surface area contributed by atoms with Crippen LogP contribution in [0.1, 0.15) is 44.9 Å². The number of hydrogen-bond donors (Lipinski definition) is 2. The van der Waals surface area contributed by atoms with Crippen LogP contribution in [0.3, 0.4) is 0 Å². The van der Waals surface area contributed by atoms with E-state index in [1.807, 2.05) is 12.3 Å². The summed E-state index contributed by atoms with van der Waals surface area (Å²) in [5.74, 6) is 1.27. The second-order valence-electron chi connectivity index (χ2n) is 10.1. The quantitative estimate of drug-likeness (QED) is 0.575. The lowest BCUT2D eigenvalue weighted by Crippen LogP contribution is -2.60. The number of carbonyl (C=O) groups excluding carboxylic acids is 1. The van der Waals surface area contributed by atoms with Crippen LogP contribution >= 0.6 is 0 Å². The van der Waals surface area contributed by atoms with E-state index in [9.17, 15) is 13.2 Å². The molecule has 0 amide bonds. The molecule has 10 nitrogen and oxygen atoms in total. The van der Waals surface area contributed by atoms with Gasteiger partial charge >= 0.3 is 0 Å². The summed E-state index contributed by atoms with van der Waals surface area (Å²) in [6.07, 6.45) is 8.60. The van der Waals surface area contributed by atoms with Crippen LogP contribution in [0.2, 0.25) is 0 Å². The van der Waals surface area contributed by atoms with E-state index in [0.29, 0.717) is 26.2 Å². The van der Waals surface area contributed by atoms with Crippen molar-refractivity contribution in [3.63, 3.8) is 0 Å². The highest BCUT2D eigenvalue weighted by molar-refractivity contribution is 7.86. The van der Waals surface area contributed by atoms with Gasteiger partial charge in [-0.25, -0.2) is 9.97 Å². The molecule has 0 unspecified atom stereocenters. The van der Waals surface area contributed by atoms with Crippen LogP contribution in [0.15, 0.2) is 18.6 Å². The van der Waals surface area contributed by atoms with Gasteiger partial charge in [0.2, 0.25) is 0 Å². The average Bonchev–Trinajstić information content (AvgIpc) is 3.40. The van der Waals surface area contributed by atoms with Gasteiger partial charge in [0.15, 0.2) is 0 Å². The maximum atomic E-state index is 13.6. The van der Waals surface area contributed by atoms with Gasteiger partial charge in [-0.3, -0.25) is 4.79 Å². The Morgan fingerprint density at radius 3 is 2.71 bits per heavy atom. The SMILES string of the molecule is CN(CC1CCC(C(=O)CCO)CC1)S(=O)(=O)N1CCN(c2ncnc3[nH]ccc23)CC12CC2. The van der Waals surface area contributed by atoms with Crippen molar-refractivity contribution in [2.75, 3.05) is 44.7 Å². The highest BCUT2D eigenvalue weighted by Gasteiger charge is 2.56. The lowest BCUT2D eigenvalue weighted by atomic mass is 9.79. The molecule has 3 fully saturated rings. The second-order valence-corrected chi connectivity index (χ2v) is 12.1. The van der Waals surface area contributed by atoms with Crippen LogP contribution in [0.25, 0.3) is 11.0 Å². The van der Waals surface area contributed by atoms with Crippen LogP contribution in [-0.4, -0.2) is 88.2 Å². The van der Waals surface area contributed by atoms with E-state index < -0.39 is 10.2 Å². The molecule has 5 rings (SSSR count). The normalized spacial score (nSPS) is 25.3. The van der Waals surface area contributed by atoms with Crippen molar-refractivity contribution in [2.45, 2.75) is 50.5 Å². The first-order chi connectivity index (χ1) is 16.3. The van der Waals surface area contributed by atoms with Crippen molar-refractivity contribution in [1.82, 2.24) is 23.6 Å². The number of anilines is 1. The molecule has 1 aliphatic heterocycles. The van der Waals surface area contributed by atoms with Crippen molar-refractivity contribution >= 4 is 32.8 Å². The third kappa shape index (κ3) is 4.34. The van der Waals surface area contributed by atoms with Gasteiger partial charge in [-0.2, -0.15) is 17.0 Å². The van der Waals surface area contributed by atoms with E-state index in [1.165, 1.54) is 4.31 Å². The molecule has 1 spiro atoms. The molecule has 3 aliphatic rings. The smallest absolute Gasteiger partial charge is 0.282 e. The molecule has 0 bridgehead atoms. The first-order valence-electron chi connectivity index (χ1n) is 12.2. The minimum absolute atomic E-state index is 0.0152. The predicted molar refractivity (Wildman–Crippen MR) is 128 cm³/mol. The molecular weight excluding hydrogens is 456 g/mol. The van der Waals surface area contributed by atoms with Gasteiger partial charge in [-0.05, 0) is 50.5 Å². The number of nitrogens with zero attached hydrogens (tertiary/aromatic N) is 5. The van der Waals surface area contributed by atoms with Crippen molar-refractivity contribution in [3.8, 4) is 0 Å². The number of aromatic amines is 1. The minimum atomic E-state index is -3.58. The molecule has 2 N–H and O–H groups in total. The van der Waals surface area contributed by atoms with Crippen LogP contribution in [0, 0.1) is 11.8 Å². The zero-order valence-electron chi connectivity index (χ0n) is 19.7. The molecular formula is C23H34N6O4S. The summed E-state index contributed by atoms with van der Waals surface area (Å²) in [6.45, 7) is 2.04. The Labute approximate surface area is 200 Å². The lowest BCUT2D eigenvalue weighted by molar-refractivity contribution is -0.124. The molecule has 1 saturated heterocycles. The lowest BCUT2D eigenvalue weighted by Gasteiger charge is -2.43. The highest BCUT2D eigenvalue weighted by atomic mass is 32.2. The number of hydrogen-bond acceptors (Lipinski definition) is 7. The van der Waals surface area contributed by atoms with E-state index in [0.717, 1.165) is 55.4 Å². The molecule has 2 saturated carbocycles. The Morgan fingerprint density at radius 1 is 1.24 bits per heavy atom. The summed E-state index contributed by atoms with van der Waals surface area (Å²) in [6, 6.07) is 1.97. The number of fused-ring (bicyclic) bond motifs is 1. The Hall–Kier alpha value is -2.08. The first-order valence-corrected chi connectivity index (χ1v) is 13.6. The third-order valence-electron chi connectivity index (χ3n) is 7.89. The molecule has 0 atom stereocenters. The number of H-pyrrole nitrogens is 1. The summed E-state index contributed by atoms with van der Waals surface area (Å²) in [7, 11) is -1.89. The van der Waals surface area contributed by atoms with Gasteiger partial charge in [0.05, 0.1) is 10.9 Å². The topological polar surface area (TPSA) is 123 Å². The third-order valence-corrected chi connectivity index (χ3v) is 9.96. The maximum absolute atomic E-state index is 13.6. The number of rotatable bonds is 8. The van der Waals surface area contributed by atoms with Crippen LogP contribution in [0.5, 0.6) is 0 Å². The van der Waals surface area contributed by atoms with E-state index in [-0.39, 0.29) is 36.2 Å². The van der Waals surface area contributed by atoms with Gasteiger partial charge < -0.3 is 15.0 Å². The molecule has 2 aromatic rings. The van der Waals surface area contributed by atoms with Crippen molar-refractivity contribution in [3.05, 3.63) is 18.6 Å². The first kappa shape index (κ1) is 23.7. The Morgan fingerprint density at radius 2 is 2.00 bits per heavy atom. The van der Waals surface area contributed by atoms with Crippen molar-refractivity contribution in [1.29, 1.82) is 0 Å². The summed E-state index contributed by atoms with van der Waals surface area (Å²) in [4.78, 5) is 26.2. The molecule has 3 heterocycles. The van der Waals surface area contributed by atoms with E-state index in [1.54, 1.807) is 17.7 Å². The van der Waals surface area contributed by atoms with Gasteiger partial charge in [-0.1, -0.05) is 0 Å². The summed E-state index contributed by atoms with van der Waals surface area (Å²) in [5, 5.41) is 9.97. The number of nitrogens with one attached hydrogen (secondary N) is 1. The largest absolute Gasteiger partial charge is 0.396 e. The number of aromatic nitrogens is 3. The zero-order valence-corrected chi connectivity index (χ0v) is 20.5. The number of aliphatic hydroxyl groups is 1. The Balaban J connectivity index is 1.23. The summed E-state index contributed by atoms with van der Waals surface area (Å²) in [5.41, 5.74) is 0.422. The maximum Gasteiger partial charge on any atom is 0.282 e. The molecule has 186 valence electrons. The number of carbonyl (C=O) groups is 1. The number of piperazine rings is 1. The molecule has 0 radical (unpaired) electrons. The van der Waals surface area contributed by atoms with Crippen molar-refractivity contribution < 1.29 is 18.3 Å². The van der Waals surface area contributed by atoms with Gasteiger partial charge in [0.1, 0.15) is 23.6 Å².